The van der Waals surface area contributed by atoms with E-state index in [0.29, 0.717) is 0 Å². The molecule has 2 aromatic carbocycles. The predicted octanol–water partition coefficient (Wildman–Crippen LogP) is 3.88. The van der Waals surface area contributed by atoms with Gasteiger partial charge in [-0.15, -0.1) is 0 Å². The highest BCUT2D eigenvalue weighted by atomic mass is 35.5. The van der Waals surface area contributed by atoms with E-state index < -0.39 is 0 Å². The Hall–Kier alpha value is -1.51. The summed E-state index contributed by atoms with van der Waals surface area (Å²) in [6.45, 7) is 3.82. The third-order valence-electron chi connectivity index (χ3n) is 3.68. The molecule has 0 fully saturated rings. The molecule has 0 saturated heterocycles. The van der Waals surface area contributed by atoms with Crippen molar-refractivity contribution in [2.24, 2.45) is 5.73 Å². The molecule has 0 radical (unpaired) electrons. The Morgan fingerprint density at radius 2 is 1.74 bits per heavy atom. The number of rotatable bonds is 2. The number of hydrogen-bond donors (Lipinski definition) is 1. The minimum Gasteiger partial charge on any atom is -0.362 e. The Kier molecular flexibility index (Phi) is 3.21. The van der Waals surface area contributed by atoms with Gasteiger partial charge in [0.2, 0.25) is 0 Å². The van der Waals surface area contributed by atoms with Crippen molar-refractivity contribution in [2.45, 2.75) is 26.1 Å². The van der Waals surface area contributed by atoms with E-state index in [1.165, 1.54) is 11.1 Å². The van der Waals surface area contributed by atoms with Crippen LogP contribution in [0.4, 0.5) is 5.69 Å². The lowest BCUT2D eigenvalue weighted by molar-refractivity contribution is 0.815. The molecule has 0 amide bonds. The van der Waals surface area contributed by atoms with Gasteiger partial charge in [-0.05, 0) is 35.7 Å². The minimum atomic E-state index is 0.0160. The van der Waals surface area contributed by atoms with E-state index in [9.17, 15) is 0 Å². The first-order valence-electron chi connectivity index (χ1n) is 6.52. The van der Waals surface area contributed by atoms with Crippen molar-refractivity contribution in [3.8, 4) is 0 Å². The van der Waals surface area contributed by atoms with Crippen LogP contribution in [0.25, 0.3) is 0 Å². The van der Waals surface area contributed by atoms with Crippen LogP contribution in [0, 0.1) is 0 Å². The van der Waals surface area contributed by atoms with Gasteiger partial charge in [0.1, 0.15) is 0 Å². The van der Waals surface area contributed by atoms with Gasteiger partial charge >= 0.3 is 0 Å². The minimum absolute atomic E-state index is 0.0160. The van der Waals surface area contributed by atoms with E-state index in [4.69, 9.17) is 17.3 Å². The van der Waals surface area contributed by atoms with Gasteiger partial charge in [0.25, 0.3) is 0 Å². The Balaban J connectivity index is 1.89. The molecule has 98 valence electrons. The van der Waals surface area contributed by atoms with E-state index in [-0.39, 0.29) is 6.04 Å². The van der Waals surface area contributed by atoms with Crippen LogP contribution in [-0.2, 0) is 13.1 Å². The van der Waals surface area contributed by atoms with E-state index >= 15 is 0 Å². The van der Waals surface area contributed by atoms with Crippen LogP contribution in [0.15, 0.2) is 42.5 Å². The Morgan fingerprint density at radius 3 is 2.26 bits per heavy atom. The maximum atomic E-state index is 6.40. The fraction of sp³-hybridized carbons (Fsp3) is 0.250. The molecular formula is C16H17ClN2. The molecule has 2 N–H and O–H groups in total. The van der Waals surface area contributed by atoms with Crippen molar-refractivity contribution < 1.29 is 0 Å². The molecule has 0 saturated carbocycles. The molecule has 1 atom stereocenters. The van der Waals surface area contributed by atoms with Gasteiger partial charge in [0, 0.05) is 19.1 Å². The number of nitrogens with zero attached hydrogens (tertiary/aromatic N) is 1. The molecule has 19 heavy (non-hydrogen) atoms. The standard InChI is InChI=1S/C16H17ClN2/c1-11(18)12-6-7-16(15(17)8-12)19-9-13-4-2-3-5-14(13)10-19/h2-8,11H,9-10,18H2,1H3/t11-/m0/s1. The lowest BCUT2D eigenvalue weighted by atomic mass is 10.1. The highest BCUT2D eigenvalue weighted by Gasteiger charge is 2.20. The van der Waals surface area contributed by atoms with E-state index in [2.05, 4.69) is 41.3 Å². The van der Waals surface area contributed by atoms with Crippen LogP contribution < -0.4 is 10.6 Å². The molecule has 3 heteroatoms. The zero-order chi connectivity index (χ0) is 13.4. The summed E-state index contributed by atoms with van der Waals surface area (Å²) in [7, 11) is 0. The average Bonchev–Trinajstić information content (AvgIpc) is 2.81. The van der Waals surface area contributed by atoms with Crippen LogP contribution in [-0.4, -0.2) is 0 Å². The normalized spacial score (nSPS) is 15.4. The van der Waals surface area contributed by atoms with Crippen molar-refractivity contribution >= 4 is 17.3 Å². The Bertz CT molecular complexity index is 582. The molecule has 0 bridgehead atoms. The SMILES string of the molecule is C[C@H](N)c1ccc(N2Cc3ccccc3C2)c(Cl)c1. The fourth-order valence-electron chi connectivity index (χ4n) is 2.57. The van der Waals surface area contributed by atoms with Gasteiger partial charge in [-0.1, -0.05) is 41.9 Å². The second-order valence-corrected chi connectivity index (χ2v) is 5.53. The maximum Gasteiger partial charge on any atom is 0.0643 e. The second kappa shape index (κ2) is 4.87. The summed E-state index contributed by atoms with van der Waals surface area (Å²) in [5.74, 6) is 0. The van der Waals surface area contributed by atoms with E-state index in [1.807, 2.05) is 13.0 Å². The quantitative estimate of drug-likeness (QED) is 0.899. The van der Waals surface area contributed by atoms with E-state index in [0.717, 1.165) is 29.4 Å². The third kappa shape index (κ3) is 2.34. The van der Waals surface area contributed by atoms with Crippen LogP contribution in [0.5, 0.6) is 0 Å². The summed E-state index contributed by atoms with van der Waals surface area (Å²) in [5.41, 5.74) is 10.8. The smallest absolute Gasteiger partial charge is 0.0643 e. The molecule has 0 aliphatic carbocycles. The second-order valence-electron chi connectivity index (χ2n) is 5.12. The first-order valence-corrected chi connectivity index (χ1v) is 6.89. The van der Waals surface area contributed by atoms with Crippen molar-refractivity contribution in [3.05, 3.63) is 64.2 Å². The topological polar surface area (TPSA) is 29.3 Å². The molecule has 1 aliphatic rings. The summed E-state index contributed by atoms with van der Waals surface area (Å²) in [4.78, 5) is 2.30. The Morgan fingerprint density at radius 1 is 1.11 bits per heavy atom. The maximum absolute atomic E-state index is 6.40. The number of hydrogen-bond acceptors (Lipinski definition) is 2. The van der Waals surface area contributed by atoms with Crippen molar-refractivity contribution in [2.75, 3.05) is 4.90 Å². The molecular weight excluding hydrogens is 256 g/mol. The predicted molar refractivity (Wildman–Crippen MR) is 80.4 cm³/mol. The fourth-order valence-corrected chi connectivity index (χ4v) is 2.87. The molecule has 2 aromatic rings. The number of benzene rings is 2. The highest BCUT2D eigenvalue weighted by molar-refractivity contribution is 6.33. The van der Waals surface area contributed by atoms with Gasteiger partial charge in [-0.2, -0.15) is 0 Å². The average molecular weight is 273 g/mol. The number of fused-ring (bicyclic) bond motifs is 1. The van der Waals surface area contributed by atoms with Gasteiger partial charge in [0.15, 0.2) is 0 Å². The summed E-state index contributed by atoms with van der Waals surface area (Å²) in [6, 6.07) is 14.7. The van der Waals surface area contributed by atoms with Gasteiger partial charge < -0.3 is 10.6 Å². The summed E-state index contributed by atoms with van der Waals surface area (Å²) < 4.78 is 0. The zero-order valence-electron chi connectivity index (χ0n) is 10.9. The van der Waals surface area contributed by atoms with Crippen molar-refractivity contribution in [1.82, 2.24) is 0 Å². The molecule has 3 rings (SSSR count). The zero-order valence-corrected chi connectivity index (χ0v) is 11.7. The van der Waals surface area contributed by atoms with Gasteiger partial charge in [-0.3, -0.25) is 0 Å². The first kappa shape index (κ1) is 12.5. The lowest BCUT2D eigenvalue weighted by Crippen LogP contribution is -2.15. The van der Waals surface area contributed by atoms with Crippen LogP contribution in [0.3, 0.4) is 0 Å². The lowest BCUT2D eigenvalue weighted by Gasteiger charge is -2.20. The Labute approximate surface area is 118 Å². The summed E-state index contributed by atoms with van der Waals surface area (Å²) in [5, 5.41) is 0.780. The molecule has 1 aliphatic heterocycles. The van der Waals surface area contributed by atoms with Gasteiger partial charge in [0.05, 0.1) is 10.7 Å². The van der Waals surface area contributed by atoms with Crippen molar-refractivity contribution in [3.63, 3.8) is 0 Å². The molecule has 2 nitrogen and oxygen atoms in total. The largest absolute Gasteiger partial charge is 0.362 e. The molecule has 1 heterocycles. The van der Waals surface area contributed by atoms with Crippen molar-refractivity contribution in [1.29, 1.82) is 0 Å². The highest BCUT2D eigenvalue weighted by Crippen LogP contribution is 2.34. The summed E-state index contributed by atoms with van der Waals surface area (Å²) in [6.07, 6.45) is 0. The first-order chi connectivity index (χ1) is 9.15. The number of halogens is 1. The monoisotopic (exact) mass is 272 g/mol. The molecule has 0 aromatic heterocycles. The summed E-state index contributed by atoms with van der Waals surface area (Å²) >= 11 is 6.40. The van der Waals surface area contributed by atoms with Crippen LogP contribution in [0.2, 0.25) is 5.02 Å². The van der Waals surface area contributed by atoms with Crippen LogP contribution in [0.1, 0.15) is 29.7 Å². The number of nitrogens with two attached hydrogens (primary N) is 1. The third-order valence-corrected chi connectivity index (χ3v) is 3.98. The van der Waals surface area contributed by atoms with Gasteiger partial charge in [-0.25, -0.2) is 0 Å². The molecule has 0 spiro atoms. The number of anilines is 1. The van der Waals surface area contributed by atoms with Crippen LogP contribution >= 0.6 is 11.6 Å². The van der Waals surface area contributed by atoms with E-state index in [1.54, 1.807) is 0 Å². The molecule has 0 unspecified atom stereocenters.